The van der Waals surface area contributed by atoms with E-state index < -0.39 is 0 Å². The molecule has 3 rings (SSSR count). The summed E-state index contributed by atoms with van der Waals surface area (Å²) in [4.78, 5) is 16.2. The molecule has 140 valence electrons. The molecule has 0 radical (unpaired) electrons. The van der Waals surface area contributed by atoms with Gasteiger partial charge in [0.2, 0.25) is 0 Å². The second kappa shape index (κ2) is 9.18. The molecule has 7 heteroatoms. The maximum absolute atomic E-state index is 11.7. The van der Waals surface area contributed by atoms with E-state index in [1.54, 1.807) is 49.5 Å². The predicted octanol–water partition coefficient (Wildman–Crippen LogP) is 5.62. The summed E-state index contributed by atoms with van der Waals surface area (Å²) in [5, 5.41) is 15.7. The van der Waals surface area contributed by atoms with Gasteiger partial charge in [-0.25, -0.2) is 9.78 Å². The van der Waals surface area contributed by atoms with Gasteiger partial charge in [-0.15, -0.1) is 11.3 Å². The fourth-order valence-electron chi connectivity index (χ4n) is 2.36. The van der Waals surface area contributed by atoms with E-state index >= 15 is 0 Å². The number of thiazole rings is 1. The first kappa shape index (κ1) is 19.6. The SMILES string of the molecule is CCOC(=O)c1ccc(N/C=C(\C#N)c2nc(-c3ccc(Cl)cc3)cs2)cc1. The number of carbonyl (C=O) groups is 1. The Hall–Kier alpha value is -3.14. The van der Waals surface area contributed by atoms with Crippen LogP contribution in [0.3, 0.4) is 0 Å². The Bertz CT molecular complexity index is 1030. The predicted molar refractivity (Wildman–Crippen MR) is 112 cm³/mol. The van der Waals surface area contributed by atoms with E-state index in [4.69, 9.17) is 16.3 Å². The average molecular weight is 410 g/mol. The molecule has 5 nitrogen and oxygen atoms in total. The number of hydrogen-bond acceptors (Lipinski definition) is 6. The van der Waals surface area contributed by atoms with E-state index in [0.29, 0.717) is 27.8 Å². The molecule has 0 spiro atoms. The zero-order chi connectivity index (χ0) is 19.9. The quantitative estimate of drug-likeness (QED) is 0.422. The van der Waals surface area contributed by atoms with Gasteiger partial charge in [0.15, 0.2) is 0 Å². The van der Waals surface area contributed by atoms with E-state index in [-0.39, 0.29) is 5.97 Å². The van der Waals surface area contributed by atoms with Crippen molar-refractivity contribution in [2.75, 3.05) is 11.9 Å². The summed E-state index contributed by atoms with van der Waals surface area (Å²) in [6.07, 6.45) is 1.60. The number of nitrogens with zero attached hydrogens (tertiary/aromatic N) is 2. The number of nitrogens with one attached hydrogen (secondary N) is 1. The van der Waals surface area contributed by atoms with E-state index in [2.05, 4.69) is 16.4 Å². The first-order valence-electron chi connectivity index (χ1n) is 8.46. The van der Waals surface area contributed by atoms with Gasteiger partial charge in [-0.05, 0) is 43.3 Å². The Labute approximate surface area is 171 Å². The molecule has 0 saturated carbocycles. The summed E-state index contributed by atoms with van der Waals surface area (Å²) in [5.74, 6) is -0.361. The molecule has 2 aromatic carbocycles. The third-order valence-electron chi connectivity index (χ3n) is 3.77. The highest BCUT2D eigenvalue weighted by Crippen LogP contribution is 2.27. The number of rotatable bonds is 6. The number of hydrogen-bond donors (Lipinski definition) is 1. The number of benzene rings is 2. The first-order valence-corrected chi connectivity index (χ1v) is 9.72. The van der Waals surface area contributed by atoms with Crippen molar-refractivity contribution in [2.24, 2.45) is 0 Å². The molecular formula is C21H16ClN3O2S. The topological polar surface area (TPSA) is 75.0 Å². The Morgan fingerprint density at radius 1 is 1.25 bits per heavy atom. The van der Waals surface area contributed by atoms with E-state index in [0.717, 1.165) is 16.9 Å². The van der Waals surface area contributed by atoms with Crippen molar-refractivity contribution < 1.29 is 9.53 Å². The van der Waals surface area contributed by atoms with Gasteiger partial charge < -0.3 is 10.1 Å². The molecule has 0 fully saturated rings. The van der Waals surface area contributed by atoms with Crippen LogP contribution in [0.1, 0.15) is 22.3 Å². The van der Waals surface area contributed by atoms with Crippen molar-refractivity contribution >= 4 is 40.2 Å². The van der Waals surface area contributed by atoms with Gasteiger partial charge in [-0.3, -0.25) is 0 Å². The van der Waals surface area contributed by atoms with Crippen molar-refractivity contribution in [1.82, 2.24) is 4.98 Å². The fourth-order valence-corrected chi connectivity index (χ4v) is 3.29. The zero-order valence-corrected chi connectivity index (χ0v) is 16.6. The summed E-state index contributed by atoms with van der Waals surface area (Å²) in [5.41, 5.74) is 3.36. The molecular weight excluding hydrogens is 394 g/mol. The summed E-state index contributed by atoms with van der Waals surface area (Å²) >= 11 is 7.31. The van der Waals surface area contributed by atoms with Crippen molar-refractivity contribution in [2.45, 2.75) is 6.92 Å². The van der Waals surface area contributed by atoms with Crippen LogP contribution in [-0.2, 0) is 4.74 Å². The number of ether oxygens (including phenoxy) is 1. The van der Waals surface area contributed by atoms with Gasteiger partial charge >= 0.3 is 5.97 Å². The second-order valence-corrected chi connectivity index (χ2v) is 6.95. The molecule has 0 amide bonds. The lowest BCUT2D eigenvalue weighted by Gasteiger charge is -2.04. The highest BCUT2D eigenvalue weighted by atomic mass is 35.5. The number of esters is 1. The number of aromatic nitrogens is 1. The molecule has 1 heterocycles. The molecule has 0 saturated heterocycles. The van der Waals surface area contributed by atoms with E-state index in [9.17, 15) is 10.1 Å². The van der Waals surface area contributed by atoms with Gasteiger partial charge in [0.1, 0.15) is 16.6 Å². The molecule has 0 unspecified atom stereocenters. The van der Waals surface area contributed by atoms with Crippen molar-refractivity contribution in [3.63, 3.8) is 0 Å². The third kappa shape index (κ3) is 4.77. The Morgan fingerprint density at radius 2 is 1.96 bits per heavy atom. The lowest BCUT2D eigenvalue weighted by Crippen LogP contribution is -2.04. The Kier molecular flexibility index (Phi) is 6.43. The molecule has 1 aromatic heterocycles. The average Bonchev–Trinajstić information content (AvgIpc) is 3.20. The fraction of sp³-hybridized carbons (Fsp3) is 0.0952. The monoisotopic (exact) mass is 409 g/mol. The van der Waals surface area contributed by atoms with Crippen LogP contribution in [-0.4, -0.2) is 17.6 Å². The lowest BCUT2D eigenvalue weighted by molar-refractivity contribution is 0.0526. The first-order chi connectivity index (χ1) is 13.6. The van der Waals surface area contributed by atoms with Gasteiger partial charge in [0, 0.05) is 27.9 Å². The van der Waals surface area contributed by atoms with Crippen molar-refractivity contribution in [3.8, 4) is 17.3 Å². The lowest BCUT2D eigenvalue weighted by atomic mass is 10.2. The summed E-state index contributed by atoms with van der Waals surface area (Å²) in [7, 11) is 0. The van der Waals surface area contributed by atoms with Gasteiger partial charge in [0.05, 0.1) is 17.9 Å². The standard InChI is InChI=1S/C21H16ClN3O2S/c1-2-27-21(26)15-5-9-18(10-6-15)24-12-16(11-23)20-25-19(13-28-20)14-3-7-17(22)8-4-14/h3-10,12-13,24H,2H2,1H3/b16-12+. The van der Waals surface area contributed by atoms with Crippen LogP contribution in [0.4, 0.5) is 5.69 Å². The zero-order valence-electron chi connectivity index (χ0n) is 15.0. The summed E-state index contributed by atoms with van der Waals surface area (Å²) in [6.45, 7) is 2.10. The van der Waals surface area contributed by atoms with Crippen LogP contribution in [0, 0.1) is 11.3 Å². The summed E-state index contributed by atoms with van der Waals surface area (Å²) in [6, 6.07) is 16.4. The Balaban J connectivity index is 1.73. The van der Waals surface area contributed by atoms with Crippen LogP contribution < -0.4 is 5.32 Å². The molecule has 0 bridgehead atoms. The van der Waals surface area contributed by atoms with Crippen molar-refractivity contribution in [1.29, 1.82) is 5.26 Å². The normalized spacial score (nSPS) is 11.0. The molecule has 0 aliphatic rings. The molecule has 0 aliphatic carbocycles. The highest BCUT2D eigenvalue weighted by Gasteiger charge is 2.09. The van der Waals surface area contributed by atoms with Gasteiger partial charge in [0.25, 0.3) is 0 Å². The van der Waals surface area contributed by atoms with Crippen LogP contribution in [0.2, 0.25) is 5.02 Å². The van der Waals surface area contributed by atoms with Gasteiger partial charge in [-0.2, -0.15) is 5.26 Å². The van der Waals surface area contributed by atoms with E-state index in [1.807, 2.05) is 17.5 Å². The second-order valence-electron chi connectivity index (χ2n) is 5.66. The number of allylic oxidation sites excluding steroid dienone is 1. The molecule has 1 N–H and O–H groups in total. The summed E-state index contributed by atoms with van der Waals surface area (Å²) < 4.78 is 4.96. The molecule has 0 atom stereocenters. The van der Waals surface area contributed by atoms with Crippen LogP contribution in [0.5, 0.6) is 0 Å². The minimum atomic E-state index is -0.361. The number of carbonyl (C=O) groups excluding carboxylic acids is 1. The molecule has 3 aromatic rings. The smallest absolute Gasteiger partial charge is 0.338 e. The third-order valence-corrected chi connectivity index (χ3v) is 4.90. The molecule has 28 heavy (non-hydrogen) atoms. The number of nitriles is 1. The number of halogens is 1. The maximum Gasteiger partial charge on any atom is 0.338 e. The van der Waals surface area contributed by atoms with Crippen LogP contribution >= 0.6 is 22.9 Å². The van der Waals surface area contributed by atoms with Crippen LogP contribution in [0.25, 0.3) is 16.8 Å². The number of anilines is 1. The minimum Gasteiger partial charge on any atom is -0.462 e. The van der Waals surface area contributed by atoms with Crippen molar-refractivity contribution in [3.05, 3.63) is 75.7 Å². The Morgan fingerprint density at radius 3 is 2.61 bits per heavy atom. The maximum atomic E-state index is 11.7. The van der Waals surface area contributed by atoms with E-state index in [1.165, 1.54) is 11.3 Å². The largest absolute Gasteiger partial charge is 0.462 e. The van der Waals surface area contributed by atoms with Crippen LogP contribution in [0.15, 0.2) is 60.1 Å². The highest BCUT2D eigenvalue weighted by molar-refractivity contribution is 7.11. The van der Waals surface area contributed by atoms with Gasteiger partial charge in [-0.1, -0.05) is 23.7 Å². The minimum absolute atomic E-state index is 0.332. The molecule has 0 aliphatic heterocycles.